The number of hydrogen-bond acceptors (Lipinski definition) is 4. The molecule has 2 bridgehead atoms. The van der Waals surface area contributed by atoms with Gasteiger partial charge in [-0.3, -0.25) is 4.90 Å². The maximum atomic E-state index is 5.92. The highest BCUT2D eigenvalue weighted by molar-refractivity contribution is 5.11. The summed E-state index contributed by atoms with van der Waals surface area (Å²) in [4.78, 5) is 10.4. The summed E-state index contributed by atoms with van der Waals surface area (Å²) in [7, 11) is 0. The van der Waals surface area contributed by atoms with E-state index in [0.29, 0.717) is 6.10 Å². The number of rotatable bonds is 2. The molecule has 4 heteroatoms. The number of ether oxygens (including phenoxy) is 1. The molecule has 0 amide bonds. The van der Waals surface area contributed by atoms with Crippen LogP contribution in [-0.4, -0.2) is 40.6 Å². The third kappa shape index (κ3) is 1.81. The van der Waals surface area contributed by atoms with Gasteiger partial charge in [-0.2, -0.15) is 0 Å². The van der Waals surface area contributed by atoms with Crippen molar-refractivity contribution >= 4 is 0 Å². The third-order valence-corrected chi connectivity index (χ3v) is 3.42. The van der Waals surface area contributed by atoms with Crippen LogP contribution in [0.1, 0.15) is 12.8 Å². The molecule has 1 aromatic heterocycles. The van der Waals surface area contributed by atoms with Gasteiger partial charge in [0.15, 0.2) is 5.75 Å². The summed E-state index contributed by atoms with van der Waals surface area (Å²) in [5, 5.41) is 0. The molecule has 0 saturated carbocycles. The fourth-order valence-corrected chi connectivity index (χ4v) is 2.57. The molecule has 3 aliphatic heterocycles. The van der Waals surface area contributed by atoms with Gasteiger partial charge in [0.1, 0.15) is 12.4 Å². The quantitative estimate of drug-likeness (QED) is 0.720. The average Bonchev–Trinajstić information content (AvgIpc) is 2.32. The van der Waals surface area contributed by atoms with Crippen LogP contribution in [0.2, 0.25) is 0 Å². The van der Waals surface area contributed by atoms with E-state index in [-0.39, 0.29) is 0 Å². The topological polar surface area (TPSA) is 38.2 Å². The van der Waals surface area contributed by atoms with Gasteiger partial charge in [-0.1, -0.05) is 0 Å². The van der Waals surface area contributed by atoms with Gasteiger partial charge in [0, 0.05) is 6.54 Å². The molecule has 4 heterocycles. The van der Waals surface area contributed by atoms with Gasteiger partial charge in [-0.05, 0) is 31.8 Å². The van der Waals surface area contributed by atoms with E-state index >= 15 is 0 Å². The molecular weight excluding hydrogens is 190 g/mol. The molecule has 0 aromatic carbocycles. The molecule has 3 fully saturated rings. The fraction of sp³-hybridized carbons (Fsp3) is 0.636. The standard InChI is InChI=1S/C11H15N3O/c1-3-14-4-2-9(1)11(7-14)15-10-5-12-8-13-6-10/h5-6,8-9,11H,1-4,7H2. The smallest absolute Gasteiger partial charge is 0.156 e. The normalized spacial score (nSPS) is 34.0. The minimum atomic E-state index is 0.346. The van der Waals surface area contributed by atoms with Crippen LogP contribution in [0.15, 0.2) is 18.7 Å². The second-order valence-corrected chi connectivity index (χ2v) is 4.37. The van der Waals surface area contributed by atoms with E-state index in [2.05, 4.69) is 14.9 Å². The third-order valence-electron chi connectivity index (χ3n) is 3.42. The summed E-state index contributed by atoms with van der Waals surface area (Å²) in [6.45, 7) is 3.56. The van der Waals surface area contributed by atoms with Crippen LogP contribution in [0, 0.1) is 5.92 Å². The van der Waals surface area contributed by atoms with Gasteiger partial charge < -0.3 is 4.74 Å². The number of nitrogens with zero attached hydrogens (tertiary/aromatic N) is 3. The molecule has 3 saturated heterocycles. The average molecular weight is 205 g/mol. The number of fused-ring (bicyclic) bond motifs is 3. The van der Waals surface area contributed by atoms with E-state index in [1.165, 1.54) is 32.3 Å². The Kier molecular flexibility index (Phi) is 2.29. The minimum absolute atomic E-state index is 0.346. The lowest BCUT2D eigenvalue weighted by Crippen LogP contribution is -2.52. The lowest BCUT2D eigenvalue weighted by atomic mass is 9.86. The van der Waals surface area contributed by atoms with E-state index < -0.39 is 0 Å². The molecule has 1 unspecified atom stereocenters. The van der Waals surface area contributed by atoms with Crippen LogP contribution in [0.3, 0.4) is 0 Å². The first-order valence-corrected chi connectivity index (χ1v) is 5.56. The highest BCUT2D eigenvalue weighted by Gasteiger charge is 2.35. The summed E-state index contributed by atoms with van der Waals surface area (Å²) in [6, 6.07) is 0. The Morgan fingerprint density at radius 1 is 1.20 bits per heavy atom. The summed E-state index contributed by atoms with van der Waals surface area (Å²) in [6.07, 6.45) is 7.91. The van der Waals surface area contributed by atoms with Crippen molar-refractivity contribution in [3.8, 4) is 5.75 Å². The molecule has 0 spiro atoms. The van der Waals surface area contributed by atoms with Crippen LogP contribution < -0.4 is 4.74 Å². The SMILES string of the molecule is c1ncc(OC2CN3CCC2CC3)cn1. The van der Waals surface area contributed by atoms with Crippen LogP contribution in [0.5, 0.6) is 5.75 Å². The first-order valence-electron chi connectivity index (χ1n) is 5.56. The maximum absolute atomic E-state index is 5.92. The summed E-state index contributed by atoms with van der Waals surface area (Å²) in [5.41, 5.74) is 0. The van der Waals surface area contributed by atoms with Gasteiger partial charge in [0.2, 0.25) is 0 Å². The van der Waals surface area contributed by atoms with Crippen molar-refractivity contribution < 1.29 is 4.74 Å². The largest absolute Gasteiger partial charge is 0.486 e. The van der Waals surface area contributed by atoms with Gasteiger partial charge in [-0.15, -0.1) is 0 Å². The summed E-state index contributed by atoms with van der Waals surface area (Å²) < 4.78 is 5.92. The maximum Gasteiger partial charge on any atom is 0.156 e. The predicted molar refractivity (Wildman–Crippen MR) is 55.6 cm³/mol. The Hall–Kier alpha value is -1.16. The molecule has 80 valence electrons. The van der Waals surface area contributed by atoms with Crippen LogP contribution in [-0.2, 0) is 0 Å². The molecule has 1 atom stereocenters. The first-order chi connectivity index (χ1) is 7.42. The summed E-state index contributed by atoms with van der Waals surface area (Å²) >= 11 is 0. The number of aromatic nitrogens is 2. The zero-order valence-corrected chi connectivity index (χ0v) is 8.67. The van der Waals surface area contributed by atoms with Crippen molar-refractivity contribution in [1.82, 2.24) is 14.9 Å². The molecule has 3 aliphatic rings. The van der Waals surface area contributed by atoms with Crippen molar-refractivity contribution in [3.05, 3.63) is 18.7 Å². The van der Waals surface area contributed by atoms with Crippen molar-refractivity contribution in [2.75, 3.05) is 19.6 Å². The first kappa shape index (κ1) is 9.09. The van der Waals surface area contributed by atoms with Crippen LogP contribution >= 0.6 is 0 Å². The molecule has 4 nitrogen and oxygen atoms in total. The Morgan fingerprint density at radius 2 is 1.93 bits per heavy atom. The molecule has 4 rings (SSSR count). The number of piperidine rings is 3. The molecular formula is C11H15N3O. The van der Waals surface area contributed by atoms with E-state index in [1.54, 1.807) is 12.4 Å². The second-order valence-electron chi connectivity index (χ2n) is 4.37. The van der Waals surface area contributed by atoms with Gasteiger partial charge in [-0.25, -0.2) is 9.97 Å². The lowest BCUT2D eigenvalue weighted by Gasteiger charge is -2.44. The van der Waals surface area contributed by atoms with Crippen molar-refractivity contribution in [3.63, 3.8) is 0 Å². The second kappa shape index (κ2) is 3.77. The van der Waals surface area contributed by atoms with E-state index in [9.17, 15) is 0 Å². The Morgan fingerprint density at radius 3 is 2.53 bits per heavy atom. The molecule has 0 aliphatic carbocycles. The van der Waals surface area contributed by atoms with Crippen LogP contribution in [0.25, 0.3) is 0 Å². The van der Waals surface area contributed by atoms with E-state index in [1.807, 2.05) is 0 Å². The van der Waals surface area contributed by atoms with E-state index in [0.717, 1.165) is 18.2 Å². The highest BCUT2D eigenvalue weighted by Crippen LogP contribution is 2.30. The Bertz CT molecular complexity index is 322. The number of hydrogen-bond donors (Lipinski definition) is 0. The van der Waals surface area contributed by atoms with Crippen LogP contribution in [0.4, 0.5) is 0 Å². The van der Waals surface area contributed by atoms with Gasteiger partial charge >= 0.3 is 0 Å². The lowest BCUT2D eigenvalue weighted by molar-refractivity contribution is -0.00810. The van der Waals surface area contributed by atoms with Gasteiger partial charge in [0.25, 0.3) is 0 Å². The Labute approximate surface area is 89.3 Å². The zero-order chi connectivity index (χ0) is 10.1. The molecule has 0 N–H and O–H groups in total. The minimum Gasteiger partial charge on any atom is -0.486 e. The highest BCUT2D eigenvalue weighted by atomic mass is 16.5. The Balaban J connectivity index is 1.69. The monoisotopic (exact) mass is 205 g/mol. The zero-order valence-electron chi connectivity index (χ0n) is 8.67. The van der Waals surface area contributed by atoms with Gasteiger partial charge in [0.05, 0.1) is 12.4 Å². The van der Waals surface area contributed by atoms with Crippen molar-refractivity contribution in [1.29, 1.82) is 0 Å². The van der Waals surface area contributed by atoms with Crippen molar-refractivity contribution in [2.24, 2.45) is 5.92 Å². The van der Waals surface area contributed by atoms with E-state index in [4.69, 9.17) is 4.74 Å². The predicted octanol–water partition coefficient (Wildman–Crippen LogP) is 0.950. The molecule has 15 heavy (non-hydrogen) atoms. The molecule has 0 radical (unpaired) electrons. The van der Waals surface area contributed by atoms with Crippen molar-refractivity contribution in [2.45, 2.75) is 18.9 Å². The summed E-state index contributed by atoms with van der Waals surface area (Å²) in [5.74, 6) is 1.53. The molecule has 1 aromatic rings. The fourth-order valence-electron chi connectivity index (χ4n) is 2.57.